The minimum Gasteiger partial charge on any atom is -0.467 e. The Morgan fingerprint density at radius 2 is 1.97 bits per heavy atom. The van der Waals surface area contributed by atoms with Crippen LogP contribution in [-0.2, 0) is 19.4 Å². The van der Waals surface area contributed by atoms with Gasteiger partial charge >= 0.3 is 5.97 Å². The van der Waals surface area contributed by atoms with E-state index in [2.05, 4.69) is 25.3 Å². The van der Waals surface area contributed by atoms with Crippen LogP contribution in [0.2, 0.25) is 5.02 Å². The molecule has 2 N–H and O–H groups in total. The molecule has 0 radical (unpaired) electrons. The van der Waals surface area contributed by atoms with Gasteiger partial charge in [-0.2, -0.15) is 0 Å². The van der Waals surface area contributed by atoms with Crippen molar-refractivity contribution < 1.29 is 22.7 Å². The van der Waals surface area contributed by atoms with Crippen LogP contribution in [-0.4, -0.2) is 49.2 Å². The van der Waals surface area contributed by atoms with Crippen LogP contribution >= 0.6 is 11.6 Å². The van der Waals surface area contributed by atoms with Crippen molar-refractivity contribution in [2.24, 2.45) is 0 Å². The molecular formula is C18H21ClN4O5S. The summed E-state index contributed by atoms with van der Waals surface area (Å²) < 4.78 is 29.0. The summed E-state index contributed by atoms with van der Waals surface area (Å²) in [4.78, 5) is 32.4. The minimum absolute atomic E-state index is 0.0788. The van der Waals surface area contributed by atoms with Crippen molar-refractivity contribution in [3.8, 4) is 0 Å². The number of ether oxygens (including phenoxy) is 1. The van der Waals surface area contributed by atoms with Crippen LogP contribution in [0, 0.1) is 6.92 Å². The second-order valence-corrected chi connectivity index (χ2v) is 8.65. The van der Waals surface area contributed by atoms with Gasteiger partial charge in [-0.15, -0.1) is 0 Å². The molecule has 1 aromatic heterocycles. The lowest BCUT2D eigenvalue weighted by Gasteiger charge is -2.16. The van der Waals surface area contributed by atoms with Crippen molar-refractivity contribution >= 4 is 44.7 Å². The summed E-state index contributed by atoms with van der Waals surface area (Å²) in [6.45, 7) is 4.69. The molecule has 1 unspecified atom stereocenters. The average molecular weight is 441 g/mol. The molecule has 0 spiro atoms. The van der Waals surface area contributed by atoms with E-state index in [9.17, 15) is 18.0 Å². The Labute approximate surface area is 173 Å². The third-order valence-corrected chi connectivity index (χ3v) is 6.01. The predicted octanol–water partition coefficient (Wildman–Crippen LogP) is 2.46. The lowest BCUT2D eigenvalue weighted by molar-refractivity contribution is -0.141. The number of amides is 1. The van der Waals surface area contributed by atoms with Gasteiger partial charge in [0.05, 0.1) is 24.7 Å². The highest BCUT2D eigenvalue weighted by atomic mass is 35.5. The van der Waals surface area contributed by atoms with Crippen molar-refractivity contribution in [3.63, 3.8) is 0 Å². The summed E-state index contributed by atoms with van der Waals surface area (Å²) in [5.74, 6) is -1.50. The van der Waals surface area contributed by atoms with Crippen molar-refractivity contribution in [1.82, 2.24) is 9.97 Å². The van der Waals surface area contributed by atoms with Gasteiger partial charge in [-0.25, -0.2) is 23.2 Å². The molecule has 1 heterocycles. The van der Waals surface area contributed by atoms with Gasteiger partial charge in [0.15, 0.2) is 5.69 Å². The van der Waals surface area contributed by atoms with E-state index in [1.165, 1.54) is 21.0 Å². The summed E-state index contributed by atoms with van der Waals surface area (Å²) in [5, 5.41) is 5.40. The van der Waals surface area contributed by atoms with E-state index in [0.29, 0.717) is 16.3 Å². The minimum atomic E-state index is -3.75. The fourth-order valence-electron chi connectivity index (χ4n) is 2.32. The monoisotopic (exact) mass is 440 g/mol. The zero-order valence-corrected chi connectivity index (χ0v) is 17.9. The summed E-state index contributed by atoms with van der Waals surface area (Å²) in [5.41, 5.74) is 0.917. The summed E-state index contributed by atoms with van der Waals surface area (Å²) in [6, 6.07) is 4.16. The van der Waals surface area contributed by atoms with Gasteiger partial charge < -0.3 is 15.4 Å². The number of methoxy groups -OCH3 is 1. The van der Waals surface area contributed by atoms with Crippen LogP contribution in [0.4, 0.5) is 11.4 Å². The van der Waals surface area contributed by atoms with E-state index < -0.39 is 32.9 Å². The number of sulfone groups is 1. The number of nitrogens with one attached hydrogen (secondary N) is 2. The molecule has 0 saturated carbocycles. The first-order chi connectivity index (χ1) is 13.6. The number of halogens is 1. The predicted molar refractivity (Wildman–Crippen MR) is 109 cm³/mol. The van der Waals surface area contributed by atoms with Crippen LogP contribution in [0.25, 0.3) is 0 Å². The Hall–Kier alpha value is -2.72. The maximum absolute atomic E-state index is 12.9. The smallest absolute Gasteiger partial charge is 0.327 e. The van der Waals surface area contributed by atoms with Gasteiger partial charge in [0.1, 0.15) is 6.04 Å². The summed E-state index contributed by atoms with van der Waals surface area (Å²) in [6.07, 6.45) is 1.15. The molecule has 2 rings (SSSR count). The van der Waals surface area contributed by atoms with E-state index in [1.807, 2.05) is 0 Å². The van der Waals surface area contributed by atoms with E-state index >= 15 is 0 Å². The molecule has 0 fully saturated rings. The molecular weight excluding hydrogens is 420 g/mol. The fraction of sp³-hybridized carbons (Fsp3) is 0.333. The molecule has 11 heteroatoms. The first kappa shape index (κ1) is 22.6. The Bertz CT molecular complexity index is 1040. The highest BCUT2D eigenvalue weighted by Gasteiger charge is 2.24. The van der Waals surface area contributed by atoms with Gasteiger partial charge in [0, 0.05) is 10.7 Å². The van der Waals surface area contributed by atoms with Gasteiger partial charge in [-0.3, -0.25) is 4.79 Å². The third-order valence-electron chi connectivity index (χ3n) is 4.08. The highest BCUT2D eigenvalue weighted by Crippen LogP contribution is 2.24. The zero-order valence-electron chi connectivity index (χ0n) is 16.3. The zero-order chi connectivity index (χ0) is 21.8. The Kier molecular flexibility index (Phi) is 7.15. The van der Waals surface area contributed by atoms with Crippen LogP contribution in [0.3, 0.4) is 0 Å². The molecule has 29 heavy (non-hydrogen) atoms. The summed E-state index contributed by atoms with van der Waals surface area (Å²) >= 11 is 6.08. The molecule has 0 aliphatic heterocycles. The molecule has 9 nitrogen and oxygen atoms in total. The number of carbonyl (C=O) groups excluding carboxylic acids is 2. The van der Waals surface area contributed by atoms with Gasteiger partial charge in [-0.05, 0) is 31.5 Å². The molecule has 0 aliphatic carbocycles. The molecule has 2 aromatic rings. The molecule has 1 amide bonds. The number of anilines is 2. The number of carbonyl (C=O) groups is 2. The van der Waals surface area contributed by atoms with Crippen molar-refractivity contribution in [1.29, 1.82) is 0 Å². The van der Waals surface area contributed by atoms with Gasteiger partial charge in [-0.1, -0.05) is 24.6 Å². The lowest BCUT2D eigenvalue weighted by Crippen LogP contribution is -2.29. The van der Waals surface area contributed by atoms with Crippen LogP contribution in [0.15, 0.2) is 29.6 Å². The van der Waals surface area contributed by atoms with E-state index in [1.54, 1.807) is 25.1 Å². The molecule has 0 bridgehead atoms. The number of rotatable bonds is 7. The molecule has 1 atom stereocenters. The number of benzene rings is 1. The maximum Gasteiger partial charge on any atom is 0.327 e. The van der Waals surface area contributed by atoms with Crippen LogP contribution in [0.5, 0.6) is 0 Å². The maximum atomic E-state index is 12.9. The number of nitrogens with zero attached hydrogens (tertiary/aromatic N) is 2. The second kappa shape index (κ2) is 9.19. The topological polar surface area (TPSA) is 127 Å². The average Bonchev–Trinajstić information content (AvgIpc) is 2.70. The summed E-state index contributed by atoms with van der Waals surface area (Å²) in [7, 11) is -2.53. The molecule has 156 valence electrons. The SMILES string of the molecule is CCS(=O)(=O)c1ncc(NC(C)C(=O)OC)c(C(=O)Nc2cccc(Cl)c2C)n1. The van der Waals surface area contributed by atoms with Crippen molar-refractivity contribution in [2.45, 2.75) is 32.0 Å². The first-order valence-electron chi connectivity index (χ1n) is 8.61. The quantitative estimate of drug-likeness (QED) is 0.496. The number of hydrogen-bond donors (Lipinski definition) is 2. The normalized spacial score (nSPS) is 12.2. The number of esters is 1. The largest absolute Gasteiger partial charge is 0.467 e. The number of aromatic nitrogens is 2. The Balaban J connectivity index is 2.49. The van der Waals surface area contributed by atoms with E-state index in [-0.39, 0.29) is 17.1 Å². The number of hydrogen-bond acceptors (Lipinski definition) is 8. The van der Waals surface area contributed by atoms with Gasteiger partial charge in [0.25, 0.3) is 5.91 Å². The van der Waals surface area contributed by atoms with Crippen molar-refractivity contribution in [3.05, 3.63) is 40.7 Å². The molecule has 0 aliphatic rings. The van der Waals surface area contributed by atoms with Crippen LogP contribution < -0.4 is 10.6 Å². The standard InChI is InChI=1S/C18H21ClN4O5S/c1-5-29(26,27)18-20-9-14(21-11(3)17(25)28-4)15(23-18)16(24)22-13-8-6-7-12(19)10(13)2/h6-9,11,21H,5H2,1-4H3,(H,22,24). The first-order valence-corrected chi connectivity index (χ1v) is 10.6. The van der Waals surface area contributed by atoms with E-state index in [4.69, 9.17) is 11.6 Å². The Morgan fingerprint density at radius 3 is 2.59 bits per heavy atom. The third kappa shape index (κ3) is 5.21. The second-order valence-electron chi connectivity index (χ2n) is 6.07. The highest BCUT2D eigenvalue weighted by molar-refractivity contribution is 7.91. The van der Waals surface area contributed by atoms with Crippen molar-refractivity contribution in [2.75, 3.05) is 23.5 Å². The molecule has 1 aromatic carbocycles. The Morgan fingerprint density at radius 1 is 1.28 bits per heavy atom. The lowest BCUT2D eigenvalue weighted by atomic mass is 10.2. The molecule has 0 saturated heterocycles. The van der Waals surface area contributed by atoms with Gasteiger partial charge in [0.2, 0.25) is 15.0 Å². The van der Waals surface area contributed by atoms with Crippen LogP contribution in [0.1, 0.15) is 29.9 Å². The fourth-order valence-corrected chi connectivity index (χ4v) is 3.19. The van der Waals surface area contributed by atoms with E-state index in [0.717, 1.165) is 6.20 Å².